The fourth-order valence-electron chi connectivity index (χ4n) is 4.57. The number of piperazine rings is 1. The van der Waals surface area contributed by atoms with Crippen LogP contribution in [0.25, 0.3) is 0 Å². The van der Waals surface area contributed by atoms with Crippen LogP contribution in [0.2, 0.25) is 0 Å². The molecule has 2 aliphatic rings. The van der Waals surface area contributed by atoms with Gasteiger partial charge in [-0.1, -0.05) is 30.3 Å². The highest BCUT2D eigenvalue weighted by Gasteiger charge is 2.34. The van der Waals surface area contributed by atoms with Crippen molar-refractivity contribution in [3.05, 3.63) is 60.2 Å². The van der Waals surface area contributed by atoms with Gasteiger partial charge in [0.2, 0.25) is 21.8 Å². The zero-order valence-corrected chi connectivity index (χ0v) is 20.3. The van der Waals surface area contributed by atoms with E-state index in [1.165, 1.54) is 9.21 Å². The lowest BCUT2D eigenvalue weighted by molar-refractivity contribution is -0.132. The Hall–Kier alpha value is -2.91. The van der Waals surface area contributed by atoms with Crippen LogP contribution in [0.3, 0.4) is 0 Å². The maximum atomic E-state index is 13.0. The molecule has 2 aromatic rings. The standard InChI is InChI=1S/C25H32N4O4S/c1-20-7-5-11-23(17-20)27-13-15-29(16-14-27)34(32,33)19-24(30)28-12-6-8-21(18-28)25(31)26-22-9-3-2-4-10-22/h2-5,7,9-11,17,21H,6,8,12-16,18-19H2,1H3,(H,26,31). The molecule has 0 saturated carbocycles. The summed E-state index contributed by atoms with van der Waals surface area (Å²) < 4.78 is 27.4. The average molecular weight is 485 g/mol. The Morgan fingerprint density at radius 1 is 0.971 bits per heavy atom. The van der Waals surface area contributed by atoms with Crippen LogP contribution in [0.15, 0.2) is 54.6 Å². The second kappa shape index (κ2) is 10.6. The Labute approximate surface area is 201 Å². The van der Waals surface area contributed by atoms with Crippen molar-refractivity contribution in [1.82, 2.24) is 9.21 Å². The Morgan fingerprint density at radius 3 is 2.41 bits per heavy atom. The maximum Gasteiger partial charge on any atom is 0.239 e. The number of carbonyl (C=O) groups excluding carboxylic acids is 2. The van der Waals surface area contributed by atoms with E-state index in [0.717, 1.165) is 11.3 Å². The third-order valence-electron chi connectivity index (χ3n) is 6.49. The summed E-state index contributed by atoms with van der Waals surface area (Å²) in [5, 5.41) is 2.88. The first kappa shape index (κ1) is 24.2. The van der Waals surface area contributed by atoms with Crippen molar-refractivity contribution in [1.29, 1.82) is 0 Å². The number of hydrogen-bond acceptors (Lipinski definition) is 5. The van der Waals surface area contributed by atoms with Gasteiger partial charge in [-0.2, -0.15) is 4.31 Å². The van der Waals surface area contributed by atoms with Gasteiger partial charge in [0, 0.05) is 50.6 Å². The molecule has 2 aromatic carbocycles. The fraction of sp³-hybridized carbons (Fsp3) is 0.440. The highest BCUT2D eigenvalue weighted by molar-refractivity contribution is 7.89. The molecule has 0 radical (unpaired) electrons. The van der Waals surface area contributed by atoms with Crippen molar-refractivity contribution in [3.8, 4) is 0 Å². The molecule has 2 heterocycles. The number of likely N-dealkylation sites (tertiary alicyclic amines) is 1. The number of amides is 2. The third kappa shape index (κ3) is 5.95. The SMILES string of the molecule is Cc1cccc(N2CCN(S(=O)(=O)CC(=O)N3CCCC(C(=O)Nc4ccccc4)C3)CC2)c1. The number of para-hydroxylation sites is 1. The first-order valence-electron chi connectivity index (χ1n) is 11.7. The van der Waals surface area contributed by atoms with E-state index in [-0.39, 0.29) is 18.4 Å². The molecule has 182 valence electrons. The van der Waals surface area contributed by atoms with Crippen LogP contribution in [0.4, 0.5) is 11.4 Å². The molecular weight excluding hydrogens is 452 g/mol. The van der Waals surface area contributed by atoms with E-state index in [2.05, 4.69) is 16.3 Å². The van der Waals surface area contributed by atoms with Gasteiger partial charge < -0.3 is 15.1 Å². The summed E-state index contributed by atoms with van der Waals surface area (Å²) >= 11 is 0. The van der Waals surface area contributed by atoms with E-state index in [9.17, 15) is 18.0 Å². The van der Waals surface area contributed by atoms with E-state index in [4.69, 9.17) is 0 Å². The van der Waals surface area contributed by atoms with Gasteiger partial charge in [-0.15, -0.1) is 0 Å². The topological polar surface area (TPSA) is 90.0 Å². The van der Waals surface area contributed by atoms with Crippen LogP contribution in [-0.2, 0) is 19.6 Å². The van der Waals surface area contributed by atoms with Gasteiger partial charge in [0.15, 0.2) is 0 Å². The smallest absolute Gasteiger partial charge is 0.239 e. The van der Waals surface area contributed by atoms with Gasteiger partial charge in [0.1, 0.15) is 5.75 Å². The highest BCUT2D eigenvalue weighted by Crippen LogP contribution is 2.21. The first-order valence-corrected chi connectivity index (χ1v) is 13.4. The predicted octanol–water partition coefficient (Wildman–Crippen LogP) is 2.32. The molecular formula is C25H32N4O4S. The lowest BCUT2D eigenvalue weighted by Crippen LogP contribution is -2.52. The lowest BCUT2D eigenvalue weighted by Gasteiger charge is -2.36. The minimum Gasteiger partial charge on any atom is -0.369 e. The van der Waals surface area contributed by atoms with E-state index in [0.29, 0.717) is 51.3 Å². The third-order valence-corrected chi connectivity index (χ3v) is 8.25. The maximum absolute atomic E-state index is 13.0. The minimum atomic E-state index is -3.72. The molecule has 0 aliphatic carbocycles. The molecule has 34 heavy (non-hydrogen) atoms. The van der Waals surface area contributed by atoms with E-state index in [1.807, 2.05) is 55.5 Å². The predicted molar refractivity (Wildman–Crippen MR) is 133 cm³/mol. The molecule has 0 spiro atoms. The van der Waals surface area contributed by atoms with Gasteiger partial charge >= 0.3 is 0 Å². The van der Waals surface area contributed by atoms with Crippen LogP contribution in [-0.4, -0.2) is 74.5 Å². The number of benzene rings is 2. The number of anilines is 2. The van der Waals surface area contributed by atoms with Crippen molar-refractivity contribution >= 4 is 33.2 Å². The van der Waals surface area contributed by atoms with Crippen LogP contribution in [0, 0.1) is 12.8 Å². The second-order valence-electron chi connectivity index (χ2n) is 9.02. The number of rotatable bonds is 6. The summed E-state index contributed by atoms with van der Waals surface area (Å²) in [5.74, 6) is -1.47. The summed E-state index contributed by atoms with van der Waals surface area (Å²) in [6.45, 7) is 4.63. The molecule has 4 rings (SSSR count). The number of nitrogens with one attached hydrogen (secondary N) is 1. The Kier molecular flexibility index (Phi) is 7.53. The van der Waals surface area contributed by atoms with Gasteiger partial charge in [-0.25, -0.2) is 8.42 Å². The summed E-state index contributed by atoms with van der Waals surface area (Å²) in [5.41, 5.74) is 2.96. The van der Waals surface area contributed by atoms with Crippen molar-refractivity contribution in [2.45, 2.75) is 19.8 Å². The minimum absolute atomic E-state index is 0.140. The van der Waals surface area contributed by atoms with E-state index in [1.54, 1.807) is 0 Å². The largest absolute Gasteiger partial charge is 0.369 e. The van der Waals surface area contributed by atoms with Crippen molar-refractivity contribution < 1.29 is 18.0 Å². The Bertz CT molecular complexity index is 1110. The molecule has 0 bridgehead atoms. The normalized spacial score (nSPS) is 19.6. The molecule has 1 atom stereocenters. The van der Waals surface area contributed by atoms with Gasteiger partial charge in [0.25, 0.3) is 0 Å². The summed E-state index contributed by atoms with van der Waals surface area (Å²) in [6, 6.07) is 17.3. The molecule has 9 heteroatoms. The van der Waals surface area contributed by atoms with Crippen LogP contribution < -0.4 is 10.2 Å². The van der Waals surface area contributed by atoms with Crippen LogP contribution in [0.5, 0.6) is 0 Å². The number of sulfonamides is 1. The van der Waals surface area contributed by atoms with Crippen LogP contribution >= 0.6 is 0 Å². The number of carbonyl (C=O) groups is 2. The highest BCUT2D eigenvalue weighted by atomic mass is 32.2. The molecule has 2 aliphatic heterocycles. The second-order valence-corrected chi connectivity index (χ2v) is 11.0. The molecule has 8 nitrogen and oxygen atoms in total. The molecule has 1 N–H and O–H groups in total. The molecule has 1 unspecified atom stereocenters. The lowest BCUT2D eigenvalue weighted by atomic mass is 9.97. The molecule has 0 aromatic heterocycles. The number of aryl methyl sites for hydroxylation is 1. The zero-order chi connectivity index (χ0) is 24.1. The monoisotopic (exact) mass is 484 g/mol. The fourth-order valence-corrected chi connectivity index (χ4v) is 5.97. The summed E-state index contributed by atoms with van der Waals surface area (Å²) in [4.78, 5) is 29.2. The van der Waals surface area contributed by atoms with Crippen molar-refractivity contribution in [2.75, 3.05) is 55.2 Å². The Morgan fingerprint density at radius 2 is 1.71 bits per heavy atom. The number of nitrogens with zero attached hydrogens (tertiary/aromatic N) is 3. The van der Waals surface area contributed by atoms with Gasteiger partial charge in [-0.3, -0.25) is 9.59 Å². The number of piperidine rings is 1. The van der Waals surface area contributed by atoms with E-state index >= 15 is 0 Å². The molecule has 2 fully saturated rings. The first-order chi connectivity index (χ1) is 16.3. The molecule has 2 saturated heterocycles. The molecule has 2 amide bonds. The van der Waals surface area contributed by atoms with Crippen molar-refractivity contribution in [2.24, 2.45) is 5.92 Å². The number of hydrogen-bond donors (Lipinski definition) is 1. The summed E-state index contributed by atoms with van der Waals surface area (Å²) in [6.07, 6.45) is 1.35. The average Bonchev–Trinajstić information content (AvgIpc) is 2.84. The quantitative estimate of drug-likeness (QED) is 0.680. The zero-order valence-electron chi connectivity index (χ0n) is 19.5. The Balaban J connectivity index is 1.30. The van der Waals surface area contributed by atoms with E-state index < -0.39 is 21.7 Å². The van der Waals surface area contributed by atoms with Gasteiger partial charge in [0.05, 0.1) is 5.92 Å². The summed E-state index contributed by atoms with van der Waals surface area (Å²) in [7, 11) is -3.72. The van der Waals surface area contributed by atoms with Crippen LogP contribution in [0.1, 0.15) is 18.4 Å². The van der Waals surface area contributed by atoms with Gasteiger partial charge in [-0.05, 0) is 49.6 Å². The van der Waals surface area contributed by atoms with Crippen molar-refractivity contribution in [3.63, 3.8) is 0 Å².